The minimum absolute atomic E-state index is 0.0900. The van der Waals surface area contributed by atoms with E-state index in [0.717, 1.165) is 29.7 Å². The fourth-order valence-corrected chi connectivity index (χ4v) is 7.05. The number of anilines is 1. The molecule has 3 unspecified atom stereocenters. The molecule has 192 valence electrons. The van der Waals surface area contributed by atoms with Crippen LogP contribution in [-0.4, -0.2) is 70.0 Å². The monoisotopic (exact) mass is 549 g/mol. The molecule has 0 saturated carbocycles. The number of nitrogens with zero attached hydrogens (tertiary/aromatic N) is 1. The first-order valence-electron chi connectivity index (χ1n) is 12.6. The lowest BCUT2D eigenvalue weighted by molar-refractivity contribution is -0.140. The van der Waals surface area contributed by atoms with E-state index in [1.54, 1.807) is 4.90 Å². The summed E-state index contributed by atoms with van der Waals surface area (Å²) in [5.74, 6) is -1.98. The fourth-order valence-electron chi connectivity index (χ4n) is 6.11. The third-order valence-corrected chi connectivity index (χ3v) is 8.52. The van der Waals surface area contributed by atoms with E-state index in [2.05, 4.69) is 26.6 Å². The molecule has 8 nitrogen and oxygen atoms in total. The Kier molecular flexibility index (Phi) is 7.88. The molecule has 3 N–H and O–H groups in total. The molecule has 1 aromatic carbocycles. The van der Waals surface area contributed by atoms with E-state index in [1.807, 2.05) is 39.0 Å². The van der Waals surface area contributed by atoms with Crippen LogP contribution in [0.3, 0.4) is 0 Å². The number of unbranched alkanes of at least 4 members (excludes halogenated alkanes) is 2. The molecule has 9 heteroatoms. The molecule has 3 aliphatic rings. The first-order valence-corrected chi connectivity index (χ1v) is 13.6. The minimum Gasteiger partial charge on any atom is -0.396 e. The zero-order chi connectivity index (χ0) is 25.3. The van der Waals surface area contributed by atoms with Gasteiger partial charge in [0.2, 0.25) is 17.7 Å². The smallest absolute Gasteiger partial charge is 0.250 e. The number of carbonyl (C=O) groups excluding carboxylic acids is 3. The average Bonchev–Trinajstić information content (AvgIpc) is 3.41. The number of aryl methyl sites for hydroxylation is 2. The molecule has 4 rings (SSSR count). The molecule has 0 aliphatic carbocycles. The highest BCUT2D eigenvalue weighted by molar-refractivity contribution is 9.09. The van der Waals surface area contributed by atoms with Gasteiger partial charge in [-0.1, -0.05) is 41.1 Å². The van der Waals surface area contributed by atoms with Gasteiger partial charge in [-0.25, -0.2) is 0 Å². The number of hydrogen-bond donors (Lipinski definition) is 3. The molecule has 6 atom stereocenters. The molecule has 3 saturated heterocycles. The number of benzene rings is 1. The number of likely N-dealkylation sites (tertiary alicyclic amines) is 1. The lowest BCUT2D eigenvalue weighted by Gasteiger charge is -2.34. The fraction of sp³-hybridized carbons (Fsp3) is 0.654. The zero-order valence-corrected chi connectivity index (χ0v) is 22.3. The van der Waals surface area contributed by atoms with Crippen LogP contribution in [0.15, 0.2) is 18.2 Å². The van der Waals surface area contributed by atoms with Gasteiger partial charge in [-0.2, -0.15) is 0 Å². The van der Waals surface area contributed by atoms with Gasteiger partial charge in [0.15, 0.2) is 0 Å². The first-order chi connectivity index (χ1) is 16.8. The highest BCUT2D eigenvalue weighted by Crippen LogP contribution is 2.60. The molecule has 3 heterocycles. The number of halogens is 1. The van der Waals surface area contributed by atoms with Crippen LogP contribution in [0.25, 0.3) is 0 Å². The number of aliphatic hydroxyl groups is 1. The molecule has 1 aromatic rings. The average molecular weight is 550 g/mol. The highest BCUT2D eigenvalue weighted by atomic mass is 79.9. The third-order valence-electron chi connectivity index (χ3n) is 7.68. The second-order valence-electron chi connectivity index (χ2n) is 10.0. The predicted molar refractivity (Wildman–Crippen MR) is 136 cm³/mol. The Labute approximate surface area is 215 Å². The Morgan fingerprint density at radius 2 is 1.91 bits per heavy atom. The van der Waals surface area contributed by atoms with Crippen LogP contribution in [0, 0.1) is 25.7 Å². The van der Waals surface area contributed by atoms with Gasteiger partial charge in [0.25, 0.3) is 0 Å². The summed E-state index contributed by atoms with van der Waals surface area (Å²) in [5, 5.41) is 15.2. The minimum atomic E-state index is -1.05. The molecule has 0 aromatic heterocycles. The van der Waals surface area contributed by atoms with E-state index >= 15 is 0 Å². The van der Waals surface area contributed by atoms with Crippen molar-refractivity contribution in [2.24, 2.45) is 11.8 Å². The van der Waals surface area contributed by atoms with Crippen LogP contribution in [0.1, 0.15) is 50.2 Å². The van der Waals surface area contributed by atoms with E-state index in [1.165, 1.54) is 0 Å². The molecule has 0 radical (unpaired) electrons. The SMILES string of the molecule is CCCNC(=O)[C@H]1[C@@H]2OC3(CC2Br)C(C(=O)Nc2c(C)cccc2C)N(CCCCCO)C(=O)[C@H]13. The number of carbonyl (C=O) groups is 3. The van der Waals surface area contributed by atoms with Crippen molar-refractivity contribution in [1.29, 1.82) is 0 Å². The van der Waals surface area contributed by atoms with Crippen molar-refractivity contribution in [2.45, 2.75) is 75.4 Å². The summed E-state index contributed by atoms with van der Waals surface area (Å²) in [6.45, 7) is 6.87. The van der Waals surface area contributed by atoms with Gasteiger partial charge in [-0.05, 0) is 57.1 Å². The topological polar surface area (TPSA) is 108 Å². The lowest BCUT2D eigenvalue weighted by Crippen LogP contribution is -2.54. The van der Waals surface area contributed by atoms with Crippen molar-refractivity contribution >= 4 is 39.3 Å². The van der Waals surface area contributed by atoms with Crippen LogP contribution in [0.4, 0.5) is 5.69 Å². The van der Waals surface area contributed by atoms with E-state index in [9.17, 15) is 14.4 Å². The van der Waals surface area contributed by atoms with Gasteiger partial charge >= 0.3 is 0 Å². The molecular formula is C26H36BrN3O5. The summed E-state index contributed by atoms with van der Waals surface area (Å²) in [6.07, 6.45) is 2.88. The number of rotatable bonds is 10. The third kappa shape index (κ3) is 4.51. The largest absolute Gasteiger partial charge is 0.396 e. The van der Waals surface area contributed by atoms with Gasteiger partial charge in [0.05, 0.1) is 17.9 Å². The number of hydrogen-bond acceptors (Lipinski definition) is 5. The molecule has 2 bridgehead atoms. The Bertz CT molecular complexity index is 967. The van der Waals surface area contributed by atoms with Gasteiger partial charge in [-0.15, -0.1) is 0 Å². The van der Waals surface area contributed by atoms with E-state index in [4.69, 9.17) is 9.84 Å². The van der Waals surface area contributed by atoms with Gasteiger partial charge in [0.1, 0.15) is 11.6 Å². The van der Waals surface area contributed by atoms with E-state index in [-0.39, 0.29) is 29.2 Å². The summed E-state index contributed by atoms with van der Waals surface area (Å²) in [5.41, 5.74) is 1.57. The summed E-state index contributed by atoms with van der Waals surface area (Å²) >= 11 is 3.69. The van der Waals surface area contributed by atoms with E-state index in [0.29, 0.717) is 32.4 Å². The maximum Gasteiger partial charge on any atom is 0.250 e. The van der Waals surface area contributed by atoms with Gasteiger partial charge in [0, 0.05) is 30.2 Å². The standard InChI is InChI=1S/C26H36BrN3O5/c1-4-11-28-23(32)18-19-25(34)30(12-6-5-7-13-31)22(26(19)14-17(27)21(18)35-26)24(33)29-20-15(2)9-8-10-16(20)3/h8-10,17-19,21-22,31H,4-7,11-14H2,1-3H3,(H,28,32)(H,29,33)/t17?,18-,19+,21-,22?,26?/m1/s1. The number of nitrogens with one attached hydrogen (secondary N) is 2. The van der Waals surface area contributed by atoms with Crippen LogP contribution < -0.4 is 10.6 Å². The molecule has 3 aliphatic heterocycles. The summed E-state index contributed by atoms with van der Waals surface area (Å²) in [4.78, 5) is 42.4. The number of alkyl halides is 1. The Balaban J connectivity index is 1.68. The van der Waals surface area contributed by atoms with Crippen molar-refractivity contribution in [3.8, 4) is 0 Å². The number of aliphatic hydroxyl groups excluding tert-OH is 1. The maximum atomic E-state index is 13.9. The predicted octanol–water partition coefficient (Wildman–Crippen LogP) is 2.68. The number of fused-ring (bicyclic) bond motifs is 1. The second-order valence-corrected chi connectivity index (χ2v) is 11.2. The Morgan fingerprint density at radius 1 is 1.20 bits per heavy atom. The van der Waals surface area contributed by atoms with Crippen molar-refractivity contribution in [2.75, 3.05) is 25.0 Å². The number of ether oxygens (including phenoxy) is 1. The molecular weight excluding hydrogens is 514 g/mol. The highest BCUT2D eigenvalue weighted by Gasteiger charge is 2.76. The van der Waals surface area contributed by atoms with Crippen LogP contribution in [0.5, 0.6) is 0 Å². The van der Waals surface area contributed by atoms with Gasteiger partial charge in [-0.3, -0.25) is 14.4 Å². The summed E-state index contributed by atoms with van der Waals surface area (Å²) < 4.78 is 6.50. The van der Waals surface area contributed by atoms with Crippen LogP contribution in [-0.2, 0) is 19.1 Å². The van der Waals surface area contributed by atoms with E-state index < -0.39 is 29.6 Å². The number of para-hydroxylation sites is 1. The quantitative estimate of drug-likeness (QED) is 0.307. The molecule has 35 heavy (non-hydrogen) atoms. The maximum absolute atomic E-state index is 13.9. The summed E-state index contributed by atoms with van der Waals surface area (Å²) in [7, 11) is 0. The number of amides is 3. The van der Waals surface area contributed by atoms with Crippen LogP contribution in [0.2, 0.25) is 0 Å². The van der Waals surface area contributed by atoms with Gasteiger partial charge < -0.3 is 25.4 Å². The van der Waals surface area contributed by atoms with Crippen molar-refractivity contribution in [3.05, 3.63) is 29.3 Å². The Hall–Kier alpha value is -1.97. The zero-order valence-electron chi connectivity index (χ0n) is 20.7. The van der Waals surface area contributed by atoms with Crippen LogP contribution >= 0.6 is 15.9 Å². The summed E-state index contributed by atoms with van der Waals surface area (Å²) in [6, 6.07) is 4.99. The molecule has 3 fully saturated rings. The normalized spacial score (nSPS) is 31.1. The lowest BCUT2D eigenvalue weighted by atomic mass is 9.70. The van der Waals surface area contributed by atoms with Crippen molar-refractivity contribution in [3.63, 3.8) is 0 Å². The Morgan fingerprint density at radius 3 is 2.57 bits per heavy atom. The van der Waals surface area contributed by atoms with Crippen molar-refractivity contribution in [1.82, 2.24) is 10.2 Å². The molecule has 1 spiro atoms. The second kappa shape index (κ2) is 10.6. The van der Waals surface area contributed by atoms with Crippen molar-refractivity contribution < 1.29 is 24.2 Å². The first kappa shape index (κ1) is 26.1. The molecule has 3 amide bonds.